The summed E-state index contributed by atoms with van der Waals surface area (Å²) in [6.45, 7) is 5.30. The number of nitrogens with one attached hydrogen (secondary N) is 1. The van der Waals surface area contributed by atoms with E-state index in [4.69, 9.17) is 4.74 Å². The summed E-state index contributed by atoms with van der Waals surface area (Å²) in [6.07, 6.45) is -0.317. The lowest BCUT2D eigenvalue weighted by Crippen LogP contribution is -2.45. The number of halogens is 3. The Morgan fingerprint density at radius 3 is 2.53 bits per heavy atom. The van der Waals surface area contributed by atoms with E-state index in [-0.39, 0.29) is 19.1 Å². The molecule has 0 aliphatic heterocycles. The minimum atomic E-state index is -4.07. The van der Waals surface area contributed by atoms with Crippen LogP contribution in [0, 0.1) is 5.92 Å². The summed E-state index contributed by atoms with van der Waals surface area (Å²) in [5.74, 6) is 0.655. The summed E-state index contributed by atoms with van der Waals surface area (Å²) in [4.78, 5) is 0. The number of alkyl halides is 3. The average Bonchev–Trinajstić information content (AvgIpc) is 2.35. The van der Waals surface area contributed by atoms with Gasteiger partial charge in [-0.3, -0.25) is 0 Å². The first-order valence-corrected chi connectivity index (χ1v) is 7.38. The van der Waals surface area contributed by atoms with E-state index in [1.54, 1.807) is 0 Å². The predicted octanol–water partition coefficient (Wildman–Crippen LogP) is 3.90. The summed E-state index contributed by atoms with van der Waals surface area (Å²) < 4.78 is 41.9. The van der Waals surface area contributed by atoms with Crippen LogP contribution < -0.4 is 5.32 Å². The van der Waals surface area contributed by atoms with Gasteiger partial charge in [0.25, 0.3) is 0 Å². The average molecular weight is 281 g/mol. The molecule has 114 valence electrons. The molecule has 5 heteroatoms. The molecule has 0 amide bonds. The number of hydrogen-bond acceptors (Lipinski definition) is 2. The number of rotatable bonds is 7. The smallest absolute Gasteiger partial charge is 0.377 e. The van der Waals surface area contributed by atoms with Gasteiger partial charge < -0.3 is 10.1 Å². The van der Waals surface area contributed by atoms with Crippen LogP contribution >= 0.6 is 0 Å². The molecule has 0 spiro atoms. The van der Waals surface area contributed by atoms with Crippen LogP contribution in [-0.4, -0.2) is 31.5 Å². The molecule has 3 atom stereocenters. The van der Waals surface area contributed by atoms with E-state index in [1.807, 2.05) is 6.92 Å². The molecule has 0 heterocycles. The van der Waals surface area contributed by atoms with Gasteiger partial charge in [0.2, 0.25) is 0 Å². The molecule has 2 nitrogen and oxygen atoms in total. The molecule has 1 saturated carbocycles. The highest BCUT2D eigenvalue weighted by Gasteiger charge is 2.30. The van der Waals surface area contributed by atoms with Gasteiger partial charge in [0.15, 0.2) is 0 Å². The van der Waals surface area contributed by atoms with Gasteiger partial charge >= 0.3 is 6.18 Å². The van der Waals surface area contributed by atoms with Crippen molar-refractivity contribution in [1.29, 1.82) is 0 Å². The first-order chi connectivity index (χ1) is 8.96. The molecule has 1 fully saturated rings. The van der Waals surface area contributed by atoms with Gasteiger partial charge in [-0.1, -0.05) is 20.3 Å². The highest BCUT2D eigenvalue weighted by molar-refractivity contribution is 4.85. The van der Waals surface area contributed by atoms with Crippen molar-refractivity contribution in [3.63, 3.8) is 0 Å². The molecule has 0 aromatic heterocycles. The Bertz CT molecular complexity index is 245. The highest BCUT2D eigenvalue weighted by atomic mass is 19.4. The molecule has 1 N–H and O–H groups in total. The van der Waals surface area contributed by atoms with Crippen molar-refractivity contribution >= 4 is 0 Å². The zero-order chi connectivity index (χ0) is 14.3. The Morgan fingerprint density at radius 2 is 1.95 bits per heavy atom. The number of hydrogen-bond donors (Lipinski definition) is 1. The third-order valence-corrected chi connectivity index (χ3v) is 3.88. The maximum absolute atomic E-state index is 12.1. The minimum Gasteiger partial charge on any atom is -0.377 e. The van der Waals surface area contributed by atoms with Crippen LogP contribution in [0.1, 0.15) is 52.4 Å². The van der Waals surface area contributed by atoms with Crippen LogP contribution in [0.3, 0.4) is 0 Å². The van der Waals surface area contributed by atoms with E-state index in [0.717, 1.165) is 25.8 Å². The van der Waals surface area contributed by atoms with Gasteiger partial charge in [0.05, 0.1) is 6.10 Å². The van der Waals surface area contributed by atoms with Crippen molar-refractivity contribution < 1.29 is 17.9 Å². The predicted molar refractivity (Wildman–Crippen MR) is 70.1 cm³/mol. The van der Waals surface area contributed by atoms with Crippen LogP contribution in [0.15, 0.2) is 0 Å². The lowest BCUT2D eigenvalue weighted by Gasteiger charge is -2.36. The van der Waals surface area contributed by atoms with E-state index >= 15 is 0 Å². The monoisotopic (exact) mass is 281 g/mol. The van der Waals surface area contributed by atoms with E-state index in [1.165, 1.54) is 6.42 Å². The summed E-state index contributed by atoms with van der Waals surface area (Å²) >= 11 is 0. The Kier molecular flexibility index (Phi) is 7.15. The zero-order valence-electron chi connectivity index (χ0n) is 11.9. The van der Waals surface area contributed by atoms with Crippen LogP contribution in [0.5, 0.6) is 0 Å². The van der Waals surface area contributed by atoms with E-state index in [2.05, 4.69) is 12.2 Å². The molecule has 0 saturated heterocycles. The van der Waals surface area contributed by atoms with E-state index in [0.29, 0.717) is 12.0 Å². The second-order valence-electron chi connectivity index (χ2n) is 5.38. The molecular weight excluding hydrogens is 255 g/mol. The lowest BCUT2D eigenvalue weighted by molar-refractivity contribution is -0.139. The highest BCUT2D eigenvalue weighted by Crippen LogP contribution is 2.29. The van der Waals surface area contributed by atoms with E-state index < -0.39 is 12.6 Å². The molecule has 3 unspecified atom stereocenters. The Morgan fingerprint density at radius 1 is 1.21 bits per heavy atom. The van der Waals surface area contributed by atoms with Crippen molar-refractivity contribution in [2.24, 2.45) is 5.92 Å². The van der Waals surface area contributed by atoms with Gasteiger partial charge in [-0.25, -0.2) is 0 Å². The summed E-state index contributed by atoms with van der Waals surface area (Å²) in [6, 6.07) is 0.304. The van der Waals surface area contributed by atoms with Crippen molar-refractivity contribution in [1.82, 2.24) is 5.32 Å². The second-order valence-corrected chi connectivity index (χ2v) is 5.38. The molecule has 0 aromatic carbocycles. The van der Waals surface area contributed by atoms with Crippen LogP contribution in [0.25, 0.3) is 0 Å². The molecule has 1 aliphatic carbocycles. The van der Waals surface area contributed by atoms with Gasteiger partial charge in [0.1, 0.15) is 0 Å². The molecule has 1 rings (SSSR count). The first kappa shape index (κ1) is 16.8. The zero-order valence-corrected chi connectivity index (χ0v) is 11.9. The quantitative estimate of drug-likeness (QED) is 0.715. The Balaban J connectivity index is 2.33. The summed E-state index contributed by atoms with van der Waals surface area (Å²) in [7, 11) is 0. The minimum absolute atomic E-state index is 0.0651. The Labute approximate surface area is 114 Å². The van der Waals surface area contributed by atoms with Crippen molar-refractivity contribution in [3.05, 3.63) is 0 Å². The molecule has 0 bridgehead atoms. The van der Waals surface area contributed by atoms with Gasteiger partial charge in [0, 0.05) is 19.1 Å². The number of likely N-dealkylation sites (N-methyl/N-ethyl adjacent to an activating group) is 1. The molecule has 0 radical (unpaired) electrons. The van der Waals surface area contributed by atoms with Crippen molar-refractivity contribution in [3.8, 4) is 0 Å². The van der Waals surface area contributed by atoms with Gasteiger partial charge in [-0.15, -0.1) is 0 Å². The molecule has 0 aromatic rings. The van der Waals surface area contributed by atoms with E-state index in [9.17, 15) is 13.2 Å². The molecule has 1 aliphatic rings. The topological polar surface area (TPSA) is 21.3 Å². The Hall–Kier alpha value is -0.290. The van der Waals surface area contributed by atoms with Gasteiger partial charge in [-0.2, -0.15) is 13.2 Å². The molecule has 19 heavy (non-hydrogen) atoms. The fraction of sp³-hybridized carbons (Fsp3) is 1.00. The second kappa shape index (κ2) is 8.10. The van der Waals surface area contributed by atoms with Gasteiger partial charge in [-0.05, 0) is 38.1 Å². The normalized spacial score (nSPS) is 28.6. The van der Waals surface area contributed by atoms with Crippen LogP contribution in [0.2, 0.25) is 0 Å². The van der Waals surface area contributed by atoms with Crippen LogP contribution in [0.4, 0.5) is 13.2 Å². The fourth-order valence-electron chi connectivity index (χ4n) is 2.77. The molecular formula is C14H26F3NO. The maximum Gasteiger partial charge on any atom is 0.389 e. The maximum atomic E-state index is 12.1. The van der Waals surface area contributed by atoms with Crippen LogP contribution in [-0.2, 0) is 4.74 Å². The number of ether oxygens (including phenoxy) is 1. The summed E-state index contributed by atoms with van der Waals surface area (Å²) in [5.41, 5.74) is 0. The lowest BCUT2D eigenvalue weighted by atomic mass is 9.82. The summed E-state index contributed by atoms with van der Waals surface area (Å²) in [5, 5.41) is 3.39. The third kappa shape index (κ3) is 6.61. The standard InChI is InChI=1S/C14H26F3NO/c1-3-11-6-7-12(18-4-2)13(10-11)19-9-5-8-14(15,16)17/h11-13,18H,3-10H2,1-2H3. The first-order valence-electron chi connectivity index (χ1n) is 7.38. The third-order valence-electron chi connectivity index (χ3n) is 3.88. The largest absolute Gasteiger partial charge is 0.389 e. The fourth-order valence-corrected chi connectivity index (χ4v) is 2.77. The van der Waals surface area contributed by atoms with Crippen molar-refractivity contribution in [2.75, 3.05) is 13.2 Å². The van der Waals surface area contributed by atoms with Crippen molar-refractivity contribution in [2.45, 2.75) is 70.7 Å². The SMILES string of the molecule is CCNC1CCC(CC)CC1OCCCC(F)(F)F.